The van der Waals surface area contributed by atoms with Gasteiger partial charge >= 0.3 is 0 Å². The highest BCUT2D eigenvalue weighted by molar-refractivity contribution is 6.31. The summed E-state index contributed by atoms with van der Waals surface area (Å²) >= 11 is 5.82. The minimum absolute atomic E-state index is 0.102. The Morgan fingerprint density at radius 2 is 2.38 bits per heavy atom. The summed E-state index contributed by atoms with van der Waals surface area (Å²) in [6.45, 7) is 0.523. The molecule has 0 amide bonds. The predicted molar refractivity (Wildman–Crippen MR) is 64.0 cm³/mol. The van der Waals surface area contributed by atoms with E-state index in [0.717, 1.165) is 0 Å². The van der Waals surface area contributed by atoms with E-state index >= 15 is 0 Å². The molecule has 0 atom stereocenters. The Labute approximate surface area is 99.7 Å². The van der Waals surface area contributed by atoms with E-state index in [1.54, 1.807) is 18.2 Å². The molecule has 3 nitrogen and oxygen atoms in total. The maximum Gasteiger partial charge on any atom is 0.180 e. The summed E-state index contributed by atoms with van der Waals surface area (Å²) in [7, 11) is 1.51. The highest BCUT2D eigenvalue weighted by atomic mass is 35.5. The molecule has 0 aliphatic rings. The first kappa shape index (κ1) is 12.6. The van der Waals surface area contributed by atoms with Crippen LogP contribution in [0.5, 0.6) is 5.75 Å². The molecule has 0 aromatic heterocycles. The number of halogens is 1. The molecule has 0 radical (unpaired) electrons. The van der Waals surface area contributed by atoms with Gasteiger partial charge in [-0.1, -0.05) is 17.5 Å². The molecule has 84 valence electrons. The summed E-state index contributed by atoms with van der Waals surface area (Å²) in [5.74, 6) is 2.80. The van der Waals surface area contributed by atoms with Gasteiger partial charge in [0.1, 0.15) is 5.75 Å². The van der Waals surface area contributed by atoms with E-state index in [-0.39, 0.29) is 12.3 Å². The van der Waals surface area contributed by atoms with Crippen molar-refractivity contribution in [2.45, 2.75) is 0 Å². The van der Waals surface area contributed by atoms with Crippen LogP contribution < -0.4 is 10.1 Å². The smallest absolute Gasteiger partial charge is 0.180 e. The van der Waals surface area contributed by atoms with Crippen LogP contribution in [0.2, 0.25) is 5.02 Å². The van der Waals surface area contributed by atoms with Crippen LogP contribution in [0.15, 0.2) is 18.2 Å². The van der Waals surface area contributed by atoms with Crippen LogP contribution >= 0.6 is 11.6 Å². The molecule has 0 aliphatic heterocycles. The molecule has 1 rings (SSSR count). The summed E-state index contributed by atoms with van der Waals surface area (Å²) in [5, 5.41) is 3.32. The van der Waals surface area contributed by atoms with Crippen LogP contribution in [0.1, 0.15) is 10.4 Å². The second kappa shape index (κ2) is 6.16. The van der Waals surface area contributed by atoms with Gasteiger partial charge in [-0.3, -0.25) is 10.1 Å². The summed E-state index contributed by atoms with van der Waals surface area (Å²) in [6, 6.07) is 4.92. The van der Waals surface area contributed by atoms with Crippen LogP contribution in [-0.2, 0) is 0 Å². The highest BCUT2D eigenvalue weighted by Gasteiger charge is 2.11. The molecule has 0 saturated carbocycles. The number of benzene rings is 1. The number of hydrogen-bond acceptors (Lipinski definition) is 3. The van der Waals surface area contributed by atoms with Gasteiger partial charge in [0.25, 0.3) is 0 Å². The third kappa shape index (κ3) is 3.27. The average Bonchev–Trinajstić information content (AvgIpc) is 2.29. The Hall–Kier alpha value is -1.50. The van der Waals surface area contributed by atoms with E-state index in [1.165, 1.54) is 7.11 Å². The molecule has 0 spiro atoms. The van der Waals surface area contributed by atoms with Crippen LogP contribution in [0.25, 0.3) is 0 Å². The normalized spacial score (nSPS) is 9.56. The molecule has 16 heavy (non-hydrogen) atoms. The molecule has 4 heteroatoms. The fourth-order valence-electron chi connectivity index (χ4n) is 1.24. The van der Waals surface area contributed by atoms with E-state index in [0.29, 0.717) is 22.9 Å². The lowest BCUT2D eigenvalue weighted by atomic mass is 10.1. The summed E-state index contributed by atoms with van der Waals surface area (Å²) < 4.78 is 5.08. The average molecular weight is 238 g/mol. The molecule has 1 N–H and O–H groups in total. The molecule has 0 fully saturated rings. The van der Waals surface area contributed by atoms with Crippen molar-refractivity contribution >= 4 is 17.4 Å². The van der Waals surface area contributed by atoms with Crippen LogP contribution in [0.4, 0.5) is 0 Å². The molecule has 0 heterocycles. The van der Waals surface area contributed by atoms with Gasteiger partial charge in [0.2, 0.25) is 0 Å². The zero-order valence-electron chi connectivity index (χ0n) is 8.92. The Kier molecular flexibility index (Phi) is 4.84. The number of ketones is 1. The van der Waals surface area contributed by atoms with Gasteiger partial charge in [0.05, 0.1) is 25.8 Å². The highest BCUT2D eigenvalue weighted by Crippen LogP contribution is 2.22. The molecule has 0 bridgehead atoms. The van der Waals surface area contributed by atoms with Crippen molar-refractivity contribution in [1.29, 1.82) is 0 Å². The van der Waals surface area contributed by atoms with E-state index in [9.17, 15) is 4.79 Å². The monoisotopic (exact) mass is 237 g/mol. The molecule has 0 saturated heterocycles. The minimum atomic E-state index is -0.102. The van der Waals surface area contributed by atoms with Gasteiger partial charge in [-0.15, -0.1) is 6.42 Å². The third-order valence-electron chi connectivity index (χ3n) is 1.97. The van der Waals surface area contributed by atoms with Gasteiger partial charge < -0.3 is 4.74 Å². The van der Waals surface area contributed by atoms with Crippen molar-refractivity contribution < 1.29 is 9.53 Å². The Morgan fingerprint density at radius 1 is 1.62 bits per heavy atom. The van der Waals surface area contributed by atoms with Gasteiger partial charge in [-0.05, 0) is 18.2 Å². The van der Waals surface area contributed by atoms with Crippen molar-refractivity contribution in [2.24, 2.45) is 0 Å². The summed E-state index contributed by atoms with van der Waals surface area (Å²) in [5.41, 5.74) is 0.458. The zero-order chi connectivity index (χ0) is 12.0. The molecule has 1 aromatic carbocycles. The largest absolute Gasteiger partial charge is 0.496 e. The fourth-order valence-corrected chi connectivity index (χ4v) is 1.41. The Balaban J connectivity index is 2.81. The van der Waals surface area contributed by atoms with E-state index in [1.807, 2.05) is 0 Å². The number of terminal acetylenes is 1. The first-order chi connectivity index (χ1) is 7.69. The third-order valence-corrected chi connectivity index (χ3v) is 2.21. The van der Waals surface area contributed by atoms with Crippen LogP contribution in [0, 0.1) is 12.3 Å². The maximum absolute atomic E-state index is 11.8. The first-order valence-electron chi connectivity index (χ1n) is 4.70. The number of nitrogens with one attached hydrogen (secondary N) is 1. The van der Waals surface area contributed by atoms with Gasteiger partial charge in [0, 0.05) is 5.02 Å². The topological polar surface area (TPSA) is 38.3 Å². The maximum atomic E-state index is 11.8. The standard InChI is InChI=1S/C12H12ClNO2/c1-3-6-14-8-11(15)10-7-9(13)4-5-12(10)16-2/h1,4-5,7,14H,6,8H2,2H3. The van der Waals surface area contributed by atoms with Gasteiger partial charge in [-0.2, -0.15) is 0 Å². The SMILES string of the molecule is C#CCNCC(=O)c1cc(Cl)ccc1OC. The van der Waals surface area contributed by atoms with E-state index in [2.05, 4.69) is 11.2 Å². The minimum Gasteiger partial charge on any atom is -0.496 e. The predicted octanol–water partition coefficient (Wildman–Crippen LogP) is 1.75. The Bertz CT molecular complexity index is 424. The molecular formula is C12H12ClNO2. The molecule has 0 unspecified atom stereocenters. The molecule has 0 aliphatic carbocycles. The zero-order valence-corrected chi connectivity index (χ0v) is 9.67. The lowest BCUT2D eigenvalue weighted by molar-refractivity contribution is 0.0989. The van der Waals surface area contributed by atoms with Crippen LogP contribution in [-0.4, -0.2) is 26.0 Å². The first-order valence-corrected chi connectivity index (χ1v) is 5.07. The number of methoxy groups -OCH3 is 1. The fraction of sp³-hybridized carbons (Fsp3) is 0.250. The van der Waals surface area contributed by atoms with Crippen molar-refractivity contribution in [2.75, 3.05) is 20.2 Å². The van der Waals surface area contributed by atoms with Crippen molar-refractivity contribution in [3.8, 4) is 18.1 Å². The molecule has 1 aromatic rings. The van der Waals surface area contributed by atoms with Crippen molar-refractivity contribution in [3.05, 3.63) is 28.8 Å². The number of carbonyl (C=O) groups excluding carboxylic acids is 1. The quantitative estimate of drug-likeness (QED) is 0.482. The lowest BCUT2D eigenvalue weighted by Gasteiger charge is -2.07. The number of Topliss-reactive ketones (excluding diaryl/α,β-unsaturated/α-hetero) is 1. The lowest BCUT2D eigenvalue weighted by Crippen LogP contribution is -2.23. The van der Waals surface area contributed by atoms with Gasteiger partial charge in [-0.25, -0.2) is 0 Å². The summed E-state index contributed by atoms with van der Waals surface area (Å²) in [6.07, 6.45) is 5.06. The van der Waals surface area contributed by atoms with Gasteiger partial charge in [0.15, 0.2) is 5.78 Å². The Morgan fingerprint density at radius 3 is 3.00 bits per heavy atom. The molecular weight excluding hydrogens is 226 g/mol. The summed E-state index contributed by atoms with van der Waals surface area (Å²) in [4.78, 5) is 11.8. The number of hydrogen-bond donors (Lipinski definition) is 1. The van der Waals surface area contributed by atoms with E-state index < -0.39 is 0 Å². The van der Waals surface area contributed by atoms with Crippen molar-refractivity contribution in [1.82, 2.24) is 5.32 Å². The number of ether oxygens (including phenoxy) is 1. The second-order valence-electron chi connectivity index (χ2n) is 3.08. The second-order valence-corrected chi connectivity index (χ2v) is 3.51. The number of carbonyl (C=O) groups is 1. The van der Waals surface area contributed by atoms with E-state index in [4.69, 9.17) is 22.8 Å². The number of rotatable bonds is 5. The van der Waals surface area contributed by atoms with Crippen molar-refractivity contribution in [3.63, 3.8) is 0 Å². The van der Waals surface area contributed by atoms with Crippen LogP contribution in [0.3, 0.4) is 0 Å².